The molecule has 2 aromatic rings. The highest BCUT2D eigenvalue weighted by Crippen LogP contribution is 2.27. The van der Waals surface area contributed by atoms with Crippen LogP contribution in [-0.4, -0.2) is 34.8 Å². The van der Waals surface area contributed by atoms with Gasteiger partial charge in [0, 0.05) is 23.5 Å². The first-order chi connectivity index (χ1) is 9.72. The van der Waals surface area contributed by atoms with Crippen molar-refractivity contribution in [2.45, 2.75) is 13.3 Å². The molecule has 0 saturated carbocycles. The topological polar surface area (TPSA) is 84.1 Å². The number of nitrogens with zero attached hydrogens (tertiary/aromatic N) is 2. The molecule has 0 unspecified atom stereocenters. The van der Waals surface area contributed by atoms with Crippen LogP contribution in [0.25, 0.3) is 11.3 Å². The number of para-hydroxylation sites is 1. The molecule has 1 aromatic heterocycles. The van der Waals surface area contributed by atoms with E-state index in [0.29, 0.717) is 6.54 Å². The first kappa shape index (κ1) is 14.4. The van der Waals surface area contributed by atoms with Gasteiger partial charge in [-0.15, -0.1) is 0 Å². The number of aliphatic hydroxyl groups is 1. The Labute approximate surface area is 118 Å². The van der Waals surface area contributed by atoms with E-state index in [9.17, 15) is 0 Å². The zero-order valence-corrected chi connectivity index (χ0v) is 11.6. The largest absolute Gasteiger partial charge is 0.398 e. The quantitative estimate of drug-likeness (QED) is 0.543. The molecule has 0 radical (unpaired) electrons. The third-order valence-corrected chi connectivity index (χ3v) is 3.14. The number of nitrogen functional groups attached to an aromatic ring is 1. The second-order valence-electron chi connectivity index (χ2n) is 4.65. The van der Waals surface area contributed by atoms with Crippen LogP contribution in [0.2, 0.25) is 0 Å². The number of nitrogens with one attached hydrogen (secondary N) is 1. The van der Waals surface area contributed by atoms with Gasteiger partial charge < -0.3 is 16.2 Å². The summed E-state index contributed by atoms with van der Waals surface area (Å²) in [5, 5.41) is 11.9. The molecular formula is C15H20N4O. The van der Waals surface area contributed by atoms with Crippen LogP contribution >= 0.6 is 0 Å². The molecule has 0 spiro atoms. The summed E-state index contributed by atoms with van der Waals surface area (Å²) in [6, 6.07) is 7.92. The van der Waals surface area contributed by atoms with Crippen molar-refractivity contribution in [2.24, 2.45) is 0 Å². The molecule has 106 valence electrons. The van der Waals surface area contributed by atoms with Gasteiger partial charge in [-0.2, -0.15) is 0 Å². The average Bonchev–Trinajstić information content (AvgIpc) is 2.45. The molecule has 4 N–H and O–H groups in total. The van der Waals surface area contributed by atoms with Gasteiger partial charge >= 0.3 is 0 Å². The van der Waals surface area contributed by atoms with Gasteiger partial charge in [0.15, 0.2) is 0 Å². The second-order valence-corrected chi connectivity index (χ2v) is 4.65. The number of aliphatic hydroxyl groups excluding tert-OH is 1. The van der Waals surface area contributed by atoms with Crippen LogP contribution < -0.4 is 11.1 Å². The lowest BCUT2D eigenvalue weighted by atomic mass is 10.0. The summed E-state index contributed by atoms with van der Waals surface area (Å²) in [6.45, 7) is 3.47. The van der Waals surface area contributed by atoms with Crippen LogP contribution in [0.1, 0.15) is 11.3 Å². The first-order valence-corrected chi connectivity index (χ1v) is 6.70. The van der Waals surface area contributed by atoms with Crippen LogP contribution in [0.3, 0.4) is 0 Å². The van der Waals surface area contributed by atoms with Gasteiger partial charge in [-0.25, -0.2) is 9.97 Å². The van der Waals surface area contributed by atoms with Gasteiger partial charge in [-0.1, -0.05) is 18.2 Å². The van der Waals surface area contributed by atoms with Crippen LogP contribution in [0.15, 0.2) is 30.6 Å². The SMILES string of the molecule is Cc1cc(-c2cccc(CCNCCO)c2N)ncn1. The highest BCUT2D eigenvalue weighted by Gasteiger charge is 2.08. The van der Waals surface area contributed by atoms with E-state index < -0.39 is 0 Å². The molecule has 0 aliphatic carbocycles. The molecule has 1 heterocycles. The van der Waals surface area contributed by atoms with E-state index in [0.717, 1.165) is 41.2 Å². The predicted octanol–water partition coefficient (Wildman–Crippen LogP) is 1.16. The Hall–Kier alpha value is -1.98. The Morgan fingerprint density at radius 3 is 2.85 bits per heavy atom. The number of aryl methyl sites for hydroxylation is 1. The van der Waals surface area contributed by atoms with Crippen molar-refractivity contribution in [1.29, 1.82) is 0 Å². The standard InChI is InChI=1S/C15H20N4O/c1-11-9-14(19-10-18-11)13-4-2-3-12(15(13)16)5-6-17-7-8-20/h2-4,9-10,17,20H,5-8,16H2,1H3. The van der Waals surface area contributed by atoms with E-state index in [1.807, 2.05) is 31.2 Å². The summed E-state index contributed by atoms with van der Waals surface area (Å²) >= 11 is 0. The lowest BCUT2D eigenvalue weighted by molar-refractivity contribution is 0.293. The van der Waals surface area contributed by atoms with Gasteiger partial charge in [-0.3, -0.25) is 0 Å². The summed E-state index contributed by atoms with van der Waals surface area (Å²) in [5.74, 6) is 0. The van der Waals surface area contributed by atoms with Crippen LogP contribution in [0.4, 0.5) is 5.69 Å². The monoisotopic (exact) mass is 272 g/mol. The van der Waals surface area contributed by atoms with Crippen molar-refractivity contribution in [3.05, 3.63) is 41.9 Å². The van der Waals surface area contributed by atoms with E-state index in [2.05, 4.69) is 15.3 Å². The maximum atomic E-state index is 8.74. The average molecular weight is 272 g/mol. The summed E-state index contributed by atoms with van der Waals surface area (Å²) < 4.78 is 0. The smallest absolute Gasteiger partial charge is 0.116 e. The number of rotatable bonds is 6. The fraction of sp³-hybridized carbons (Fsp3) is 0.333. The summed E-state index contributed by atoms with van der Waals surface area (Å²) in [6.07, 6.45) is 2.38. The number of nitrogens with two attached hydrogens (primary N) is 1. The van der Waals surface area contributed by atoms with Gasteiger partial charge in [0.1, 0.15) is 6.33 Å². The molecule has 0 aliphatic rings. The molecule has 0 atom stereocenters. The molecule has 0 aliphatic heterocycles. The first-order valence-electron chi connectivity index (χ1n) is 6.70. The van der Waals surface area contributed by atoms with Crippen molar-refractivity contribution >= 4 is 5.69 Å². The van der Waals surface area contributed by atoms with Crippen molar-refractivity contribution in [1.82, 2.24) is 15.3 Å². The van der Waals surface area contributed by atoms with E-state index in [1.54, 1.807) is 6.33 Å². The van der Waals surface area contributed by atoms with E-state index in [4.69, 9.17) is 10.8 Å². The molecule has 20 heavy (non-hydrogen) atoms. The minimum Gasteiger partial charge on any atom is -0.398 e. The molecule has 5 nitrogen and oxygen atoms in total. The highest BCUT2D eigenvalue weighted by molar-refractivity contribution is 5.76. The fourth-order valence-electron chi connectivity index (χ4n) is 2.08. The molecule has 0 fully saturated rings. The maximum absolute atomic E-state index is 8.74. The zero-order chi connectivity index (χ0) is 14.4. The Morgan fingerprint density at radius 1 is 1.25 bits per heavy atom. The lowest BCUT2D eigenvalue weighted by Crippen LogP contribution is -2.21. The van der Waals surface area contributed by atoms with Crippen LogP contribution in [-0.2, 0) is 6.42 Å². The normalized spacial score (nSPS) is 10.7. The number of benzene rings is 1. The predicted molar refractivity (Wildman–Crippen MR) is 80.3 cm³/mol. The van der Waals surface area contributed by atoms with Gasteiger partial charge in [0.25, 0.3) is 0 Å². The van der Waals surface area contributed by atoms with Crippen molar-refractivity contribution in [3.63, 3.8) is 0 Å². The Bertz CT molecular complexity index is 572. The van der Waals surface area contributed by atoms with Crippen molar-refractivity contribution in [3.8, 4) is 11.3 Å². The lowest BCUT2D eigenvalue weighted by Gasteiger charge is -2.11. The van der Waals surface area contributed by atoms with E-state index >= 15 is 0 Å². The van der Waals surface area contributed by atoms with Crippen molar-refractivity contribution < 1.29 is 5.11 Å². The third-order valence-electron chi connectivity index (χ3n) is 3.14. The Morgan fingerprint density at radius 2 is 2.10 bits per heavy atom. The van der Waals surface area contributed by atoms with Gasteiger partial charge in [-0.05, 0) is 31.5 Å². The zero-order valence-electron chi connectivity index (χ0n) is 11.6. The number of hydrogen-bond acceptors (Lipinski definition) is 5. The fourth-order valence-corrected chi connectivity index (χ4v) is 2.08. The van der Waals surface area contributed by atoms with Crippen LogP contribution in [0, 0.1) is 6.92 Å². The molecule has 0 bridgehead atoms. The third kappa shape index (κ3) is 3.53. The second kappa shape index (κ2) is 6.98. The summed E-state index contributed by atoms with van der Waals surface area (Å²) in [5.41, 5.74) is 10.8. The van der Waals surface area contributed by atoms with Gasteiger partial charge in [0.05, 0.1) is 12.3 Å². The van der Waals surface area contributed by atoms with E-state index in [-0.39, 0.29) is 6.61 Å². The minimum absolute atomic E-state index is 0.149. The van der Waals surface area contributed by atoms with Crippen LogP contribution in [0.5, 0.6) is 0 Å². The number of hydrogen-bond donors (Lipinski definition) is 3. The van der Waals surface area contributed by atoms with Crippen molar-refractivity contribution in [2.75, 3.05) is 25.4 Å². The van der Waals surface area contributed by atoms with E-state index in [1.165, 1.54) is 0 Å². The maximum Gasteiger partial charge on any atom is 0.116 e. The summed E-state index contributed by atoms with van der Waals surface area (Å²) in [4.78, 5) is 8.38. The molecule has 2 rings (SSSR count). The Balaban J connectivity index is 2.19. The minimum atomic E-state index is 0.149. The summed E-state index contributed by atoms with van der Waals surface area (Å²) in [7, 11) is 0. The highest BCUT2D eigenvalue weighted by atomic mass is 16.3. The number of aromatic nitrogens is 2. The number of anilines is 1. The molecule has 0 amide bonds. The molecule has 5 heteroatoms. The molecule has 1 aromatic carbocycles. The molecular weight excluding hydrogens is 252 g/mol. The molecule has 0 saturated heterocycles. The Kier molecular flexibility index (Phi) is 5.03. The van der Waals surface area contributed by atoms with Gasteiger partial charge in [0.2, 0.25) is 0 Å².